The highest BCUT2D eigenvalue weighted by molar-refractivity contribution is 7.59. The first-order valence-corrected chi connectivity index (χ1v) is 8.02. The first kappa shape index (κ1) is 18.0. The van der Waals surface area contributed by atoms with Crippen molar-refractivity contribution >= 4 is 25.3 Å². The number of rotatable bonds is 2. The van der Waals surface area contributed by atoms with Crippen molar-refractivity contribution in [3.63, 3.8) is 0 Å². The molecule has 0 aromatic heterocycles. The molecule has 1 aromatic carbocycles. The van der Waals surface area contributed by atoms with Gasteiger partial charge >= 0.3 is 0 Å². The van der Waals surface area contributed by atoms with Gasteiger partial charge in [0.25, 0.3) is 5.91 Å². The molecule has 0 radical (unpaired) electrons. The molecular weight excluding hydrogens is 344 g/mol. The summed E-state index contributed by atoms with van der Waals surface area (Å²) in [5, 5.41) is 8.75. The number of hydroxylamine groups is 1. The van der Waals surface area contributed by atoms with E-state index in [-0.39, 0.29) is 43.5 Å². The van der Waals surface area contributed by atoms with E-state index in [1.807, 2.05) is 6.92 Å². The average Bonchev–Trinajstić information content (AvgIpc) is 2.79. The largest absolute Gasteiger partial charge is 0.491 e. The number of benzene rings is 1. The van der Waals surface area contributed by atoms with Crippen LogP contribution in [-0.2, 0) is 16.1 Å². The minimum absolute atomic E-state index is 0. The lowest BCUT2D eigenvalue weighted by molar-refractivity contribution is -0.141. The molecule has 7 nitrogen and oxygen atoms in total. The standard InChI is InChI=1S/C17H22N2O5.H2S/c1-11-10-24-15-8-13(16(20)18-22)2-3-14(15)9-19(11)17(21)12-4-6-23-7-5-12;/h2-3,8,11-12,22H,4-7,9-10H2,1H3,(H,18,20);1H2/t11-;/m0./s1/i4D;/t4?,11-,12?;. The van der Waals surface area contributed by atoms with Gasteiger partial charge in [0.15, 0.2) is 0 Å². The van der Waals surface area contributed by atoms with Crippen molar-refractivity contribution in [2.45, 2.75) is 32.3 Å². The van der Waals surface area contributed by atoms with Crippen molar-refractivity contribution in [2.24, 2.45) is 5.92 Å². The van der Waals surface area contributed by atoms with Gasteiger partial charge in [-0.25, -0.2) is 5.48 Å². The molecule has 0 aliphatic carbocycles. The van der Waals surface area contributed by atoms with Crippen LogP contribution in [-0.4, -0.2) is 47.8 Å². The van der Waals surface area contributed by atoms with Crippen LogP contribution in [0.1, 0.15) is 37.0 Å². The van der Waals surface area contributed by atoms with Crippen molar-refractivity contribution in [1.29, 1.82) is 0 Å². The van der Waals surface area contributed by atoms with E-state index in [1.165, 1.54) is 0 Å². The summed E-state index contributed by atoms with van der Waals surface area (Å²) in [6.45, 7) is 3.35. The summed E-state index contributed by atoms with van der Waals surface area (Å²) in [7, 11) is 0. The summed E-state index contributed by atoms with van der Waals surface area (Å²) in [6, 6.07) is 4.71. The molecule has 3 atom stereocenters. The Balaban J connectivity index is 0.00000243. The van der Waals surface area contributed by atoms with Gasteiger partial charge in [0.2, 0.25) is 5.91 Å². The number of amides is 2. The summed E-state index contributed by atoms with van der Waals surface area (Å²) in [5.74, 6) is -0.504. The quantitative estimate of drug-likeness (QED) is 0.609. The van der Waals surface area contributed by atoms with Crippen LogP contribution in [0.2, 0.25) is 0 Å². The molecule has 1 saturated heterocycles. The molecule has 2 aliphatic rings. The number of carbonyl (C=O) groups is 2. The summed E-state index contributed by atoms with van der Waals surface area (Å²) >= 11 is 0. The van der Waals surface area contributed by atoms with E-state index < -0.39 is 12.3 Å². The van der Waals surface area contributed by atoms with E-state index in [2.05, 4.69) is 0 Å². The monoisotopic (exact) mass is 369 g/mol. The second-order valence-electron chi connectivity index (χ2n) is 6.10. The van der Waals surface area contributed by atoms with Crippen molar-refractivity contribution in [3.8, 4) is 5.75 Å². The van der Waals surface area contributed by atoms with Gasteiger partial charge in [0.05, 0.1) is 6.04 Å². The van der Waals surface area contributed by atoms with Crippen LogP contribution in [0, 0.1) is 5.92 Å². The first-order chi connectivity index (χ1) is 12.0. The molecule has 0 spiro atoms. The summed E-state index contributed by atoms with van der Waals surface area (Å²) in [4.78, 5) is 26.3. The number of hydrogen-bond acceptors (Lipinski definition) is 5. The van der Waals surface area contributed by atoms with E-state index in [1.54, 1.807) is 28.6 Å². The molecule has 1 aromatic rings. The van der Waals surface area contributed by atoms with Gasteiger partial charge in [0.1, 0.15) is 12.4 Å². The lowest BCUT2D eigenvalue weighted by Crippen LogP contribution is -2.44. The van der Waals surface area contributed by atoms with Crippen molar-refractivity contribution in [2.75, 3.05) is 19.8 Å². The Morgan fingerprint density at radius 3 is 2.92 bits per heavy atom. The fourth-order valence-electron chi connectivity index (χ4n) is 2.99. The Morgan fingerprint density at radius 2 is 2.20 bits per heavy atom. The highest BCUT2D eigenvalue weighted by Gasteiger charge is 2.31. The van der Waals surface area contributed by atoms with E-state index in [4.69, 9.17) is 16.1 Å². The molecule has 8 heteroatoms. The lowest BCUT2D eigenvalue weighted by atomic mass is 9.97. The van der Waals surface area contributed by atoms with E-state index in [9.17, 15) is 9.59 Å². The second-order valence-corrected chi connectivity index (χ2v) is 6.10. The smallest absolute Gasteiger partial charge is 0.274 e. The second kappa shape index (κ2) is 8.55. The molecule has 3 rings (SSSR count). The summed E-state index contributed by atoms with van der Waals surface area (Å²) in [5.41, 5.74) is 2.67. The Morgan fingerprint density at radius 1 is 1.40 bits per heavy atom. The Hall–Kier alpha value is -1.77. The van der Waals surface area contributed by atoms with E-state index in [0.717, 1.165) is 5.56 Å². The first-order valence-electron chi connectivity index (χ1n) is 8.59. The molecule has 0 saturated carbocycles. The topological polar surface area (TPSA) is 88.1 Å². The van der Waals surface area contributed by atoms with Crippen LogP contribution in [0.3, 0.4) is 0 Å². The maximum Gasteiger partial charge on any atom is 0.274 e. The third-order valence-electron chi connectivity index (χ3n) is 4.46. The molecule has 25 heavy (non-hydrogen) atoms. The van der Waals surface area contributed by atoms with Crippen LogP contribution in [0.5, 0.6) is 5.75 Å². The molecule has 2 amide bonds. The predicted molar refractivity (Wildman–Crippen MR) is 95.1 cm³/mol. The molecule has 2 heterocycles. The number of ether oxygens (including phenoxy) is 2. The fraction of sp³-hybridized carbons (Fsp3) is 0.529. The maximum atomic E-state index is 13.0. The zero-order chi connectivity index (χ0) is 18.0. The number of nitrogens with zero attached hydrogens (tertiary/aromatic N) is 1. The van der Waals surface area contributed by atoms with Gasteiger partial charge in [0, 0.05) is 38.2 Å². The maximum absolute atomic E-state index is 13.0. The van der Waals surface area contributed by atoms with Gasteiger partial charge in [-0.15, -0.1) is 0 Å². The number of fused-ring (bicyclic) bond motifs is 1. The van der Waals surface area contributed by atoms with E-state index in [0.29, 0.717) is 31.9 Å². The number of hydrogen-bond donors (Lipinski definition) is 2. The SMILES string of the molecule is S.[2H]C1COCCC1C(=O)N1Cc2ccc(C(=O)NO)cc2OC[C@@H]1C. The zero-order valence-electron chi connectivity index (χ0n) is 15.0. The van der Waals surface area contributed by atoms with Crippen molar-refractivity contribution < 1.29 is 25.6 Å². The van der Waals surface area contributed by atoms with Crippen LogP contribution in [0.25, 0.3) is 0 Å². The van der Waals surface area contributed by atoms with Crippen LogP contribution >= 0.6 is 13.5 Å². The minimum Gasteiger partial charge on any atom is -0.491 e. The van der Waals surface area contributed by atoms with Crippen molar-refractivity contribution in [1.82, 2.24) is 10.4 Å². The Labute approximate surface area is 155 Å². The highest BCUT2D eigenvalue weighted by Crippen LogP contribution is 2.29. The highest BCUT2D eigenvalue weighted by atomic mass is 32.1. The Kier molecular flexibility index (Phi) is 6.17. The minimum atomic E-state index is -0.615. The Bertz CT molecular complexity index is 675. The normalized spacial score (nSPS) is 26.2. The molecule has 2 unspecified atom stereocenters. The molecule has 2 N–H and O–H groups in total. The molecular formula is C17H24N2O5S. The molecule has 0 bridgehead atoms. The van der Waals surface area contributed by atoms with Crippen LogP contribution < -0.4 is 10.2 Å². The molecule has 138 valence electrons. The average molecular weight is 369 g/mol. The van der Waals surface area contributed by atoms with Crippen molar-refractivity contribution in [3.05, 3.63) is 29.3 Å². The van der Waals surface area contributed by atoms with Gasteiger partial charge in [-0.05, 0) is 31.9 Å². The fourth-order valence-corrected chi connectivity index (χ4v) is 2.99. The van der Waals surface area contributed by atoms with E-state index >= 15 is 0 Å². The number of nitrogens with one attached hydrogen (secondary N) is 1. The third-order valence-corrected chi connectivity index (χ3v) is 4.46. The molecule has 2 aliphatic heterocycles. The third kappa shape index (κ3) is 4.26. The van der Waals surface area contributed by atoms with Gasteiger partial charge in [-0.1, -0.05) is 6.07 Å². The predicted octanol–water partition coefficient (Wildman–Crippen LogP) is 1.45. The molecule has 1 fully saturated rings. The number of carbonyl (C=O) groups excluding carboxylic acids is 2. The van der Waals surface area contributed by atoms with Crippen LogP contribution in [0.15, 0.2) is 18.2 Å². The van der Waals surface area contributed by atoms with Gasteiger partial charge < -0.3 is 14.4 Å². The van der Waals surface area contributed by atoms with Crippen LogP contribution in [0.4, 0.5) is 0 Å². The van der Waals surface area contributed by atoms with Gasteiger partial charge in [-0.2, -0.15) is 13.5 Å². The summed E-state index contributed by atoms with van der Waals surface area (Å²) < 4.78 is 19.1. The summed E-state index contributed by atoms with van der Waals surface area (Å²) in [6.07, 6.45) is 0.00669. The van der Waals surface area contributed by atoms with Gasteiger partial charge in [-0.3, -0.25) is 14.8 Å². The lowest BCUT2D eigenvalue weighted by Gasteiger charge is -2.32. The zero-order valence-corrected chi connectivity index (χ0v) is 15.0.